The third-order valence-electron chi connectivity index (χ3n) is 5.32. The molecule has 0 atom stereocenters. The first-order chi connectivity index (χ1) is 15.6. The molecule has 1 amide bonds. The Labute approximate surface area is 185 Å². The van der Waals surface area contributed by atoms with E-state index < -0.39 is 0 Å². The lowest BCUT2D eigenvalue weighted by molar-refractivity contribution is -0.120. The van der Waals surface area contributed by atoms with Crippen LogP contribution in [0.1, 0.15) is 12.0 Å². The molecule has 7 heteroatoms. The number of carbonyl (C=O) groups excluding carboxylic acids is 1. The molecule has 0 fully saturated rings. The van der Waals surface area contributed by atoms with Crippen molar-refractivity contribution in [2.45, 2.75) is 19.6 Å². The van der Waals surface area contributed by atoms with Crippen LogP contribution < -0.4 is 14.8 Å². The van der Waals surface area contributed by atoms with Gasteiger partial charge in [-0.2, -0.15) is 5.10 Å². The van der Waals surface area contributed by atoms with Gasteiger partial charge in [-0.05, 0) is 41.5 Å². The maximum Gasteiger partial charge on any atom is 0.221 e. The zero-order chi connectivity index (χ0) is 22.5. The molecule has 0 aliphatic rings. The third-order valence-corrected chi connectivity index (χ3v) is 5.32. The summed E-state index contributed by atoms with van der Waals surface area (Å²) >= 11 is 0. The van der Waals surface area contributed by atoms with Gasteiger partial charge in [-0.25, -0.2) is 4.39 Å². The Morgan fingerprint density at radius 3 is 2.78 bits per heavy atom. The van der Waals surface area contributed by atoms with Gasteiger partial charge in [-0.15, -0.1) is 0 Å². The largest absolute Gasteiger partial charge is 0.496 e. The molecule has 0 aliphatic heterocycles. The molecule has 0 radical (unpaired) electrons. The zero-order valence-electron chi connectivity index (χ0n) is 18.0. The molecule has 1 aromatic heterocycles. The molecule has 32 heavy (non-hydrogen) atoms. The van der Waals surface area contributed by atoms with Crippen molar-refractivity contribution in [2.75, 3.05) is 14.2 Å². The minimum absolute atomic E-state index is 0.0289. The van der Waals surface area contributed by atoms with E-state index in [2.05, 4.69) is 10.4 Å². The topological polar surface area (TPSA) is 65.4 Å². The first-order valence-corrected chi connectivity index (χ1v) is 10.3. The number of carbonyl (C=O) groups is 1. The molecule has 0 aliphatic carbocycles. The average molecular weight is 433 g/mol. The molecule has 0 spiro atoms. The number of fused-ring (bicyclic) bond motifs is 1. The Balaban J connectivity index is 1.54. The van der Waals surface area contributed by atoms with E-state index >= 15 is 0 Å². The first-order valence-electron chi connectivity index (χ1n) is 10.3. The number of hydrogen-bond acceptors (Lipinski definition) is 4. The van der Waals surface area contributed by atoms with Crippen molar-refractivity contribution < 1.29 is 18.7 Å². The quantitative estimate of drug-likeness (QED) is 0.442. The number of rotatable bonds is 8. The van der Waals surface area contributed by atoms with E-state index in [1.807, 2.05) is 42.5 Å². The highest BCUT2D eigenvalue weighted by Crippen LogP contribution is 2.35. The van der Waals surface area contributed by atoms with Crippen LogP contribution in [0, 0.1) is 5.82 Å². The predicted molar refractivity (Wildman–Crippen MR) is 121 cm³/mol. The van der Waals surface area contributed by atoms with Crippen molar-refractivity contribution in [1.29, 1.82) is 0 Å². The highest BCUT2D eigenvalue weighted by molar-refractivity contribution is 5.81. The van der Waals surface area contributed by atoms with Crippen LogP contribution in [0.5, 0.6) is 11.5 Å². The zero-order valence-corrected chi connectivity index (χ0v) is 18.0. The van der Waals surface area contributed by atoms with Gasteiger partial charge in [0, 0.05) is 18.9 Å². The van der Waals surface area contributed by atoms with Crippen molar-refractivity contribution >= 4 is 16.8 Å². The number of aryl methyl sites for hydroxylation is 1. The van der Waals surface area contributed by atoms with Gasteiger partial charge in [-0.1, -0.05) is 30.3 Å². The predicted octanol–water partition coefficient (Wildman–Crippen LogP) is 4.57. The highest BCUT2D eigenvalue weighted by atomic mass is 19.1. The molecule has 1 heterocycles. The number of nitrogens with one attached hydrogen (secondary N) is 1. The fourth-order valence-electron chi connectivity index (χ4n) is 3.65. The van der Waals surface area contributed by atoms with E-state index in [-0.39, 0.29) is 18.3 Å². The Morgan fingerprint density at radius 2 is 1.97 bits per heavy atom. The molecule has 0 unspecified atom stereocenters. The molecule has 164 valence electrons. The van der Waals surface area contributed by atoms with Crippen LogP contribution in [0.25, 0.3) is 22.0 Å². The minimum atomic E-state index is -0.345. The van der Waals surface area contributed by atoms with Gasteiger partial charge in [0.15, 0.2) is 0 Å². The molecule has 1 N–H and O–H groups in total. The van der Waals surface area contributed by atoms with Gasteiger partial charge in [0.05, 0.1) is 30.9 Å². The summed E-state index contributed by atoms with van der Waals surface area (Å²) in [7, 11) is 3.15. The van der Waals surface area contributed by atoms with Crippen molar-refractivity contribution in [3.8, 4) is 22.6 Å². The monoisotopic (exact) mass is 433 g/mol. The number of halogens is 1. The van der Waals surface area contributed by atoms with E-state index in [0.29, 0.717) is 30.0 Å². The highest BCUT2D eigenvalue weighted by Gasteiger charge is 2.15. The second-order valence-electron chi connectivity index (χ2n) is 7.27. The lowest BCUT2D eigenvalue weighted by Gasteiger charge is -2.15. The summed E-state index contributed by atoms with van der Waals surface area (Å²) in [6, 6.07) is 18.0. The maximum atomic E-state index is 14.6. The number of benzene rings is 3. The standard InChI is InChI=1S/C25H24FN3O3/c1-27-24(30)12-13-29-22-11-10-19(14-18(22)15-28-29)32-16-17-6-3-4-7-20(17)25-21(26)8-5-9-23(25)31-2/h3-11,14-15H,12-13,16H2,1-2H3,(H,27,30). The minimum Gasteiger partial charge on any atom is -0.496 e. The van der Waals surface area contributed by atoms with Gasteiger partial charge in [-0.3, -0.25) is 9.48 Å². The third kappa shape index (κ3) is 4.42. The van der Waals surface area contributed by atoms with Crippen LogP contribution in [0.4, 0.5) is 4.39 Å². The molecule has 4 rings (SSSR count). The maximum absolute atomic E-state index is 14.6. The van der Waals surface area contributed by atoms with E-state index in [9.17, 15) is 9.18 Å². The second kappa shape index (κ2) is 9.51. The van der Waals surface area contributed by atoms with Crippen molar-refractivity contribution in [3.05, 3.63) is 78.2 Å². The smallest absolute Gasteiger partial charge is 0.221 e. The van der Waals surface area contributed by atoms with E-state index in [1.54, 1.807) is 30.1 Å². The number of ether oxygens (including phenoxy) is 2. The molecule has 4 aromatic rings. The Bertz CT molecular complexity index is 1250. The summed E-state index contributed by atoms with van der Waals surface area (Å²) < 4.78 is 27.8. The van der Waals surface area contributed by atoms with Crippen LogP contribution in [-0.2, 0) is 17.9 Å². The molecule has 3 aromatic carbocycles. The summed E-state index contributed by atoms with van der Waals surface area (Å²) in [6.45, 7) is 0.769. The Morgan fingerprint density at radius 1 is 1.12 bits per heavy atom. The normalized spacial score (nSPS) is 10.8. The summed E-state index contributed by atoms with van der Waals surface area (Å²) in [5.41, 5.74) is 2.92. The Kier molecular flexibility index (Phi) is 6.35. The number of methoxy groups -OCH3 is 1. The van der Waals surface area contributed by atoms with Gasteiger partial charge < -0.3 is 14.8 Å². The second-order valence-corrected chi connectivity index (χ2v) is 7.27. The molecule has 6 nitrogen and oxygen atoms in total. The summed E-state index contributed by atoms with van der Waals surface area (Å²) in [6.07, 6.45) is 2.12. The van der Waals surface area contributed by atoms with E-state index in [4.69, 9.17) is 9.47 Å². The number of nitrogens with zero attached hydrogens (tertiary/aromatic N) is 2. The fraction of sp³-hybridized carbons (Fsp3) is 0.200. The lowest BCUT2D eigenvalue weighted by Crippen LogP contribution is -2.19. The van der Waals surface area contributed by atoms with E-state index in [0.717, 1.165) is 22.0 Å². The number of amides is 1. The van der Waals surface area contributed by atoms with Crippen LogP contribution in [0.2, 0.25) is 0 Å². The van der Waals surface area contributed by atoms with Gasteiger partial charge in [0.1, 0.15) is 23.9 Å². The molecular weight excluding hydrogens is 409 g/mol. The summed E-state index contributed by atoms with van der Waals surface area (Å²) in [5.74, 6) is 0.780. The van der Waals surface area contributed by atoms with Gasteiger partial charge >= 0.3 is 0 Å². The van der Waals surface area contributed by atoms with Crippen molar-refractivity contribution in [1.82, 2.24) is 15.1 Å². The SMILES string of the molecule is CNC(=O)CCn1ncc2cc(OCc3ccccc3-c3c(F)cccc3OC)ccc21. The van der Waals surface area contributed by atoms with Gasteiger partial charge in [0.25, 0.3) is 0 Å². The summed E-state index contributed by atoms with van der Waals surface area (Å²) in [4.78, 5) is 11.5. The van der Waals surface area contributed by atoms with Crippen molar-refractivity contribution in [2.24, 2.45) is 0 Å². The number of aromatic nitrogens is 2. The lowest BCUT2D eigenvalue weighted by atomic mass is 9.98. The molecular formula is C25H24FN3O3. The fourth-order valence-corrected chi connectivity index (χ4v) is 3.65. The number of hydrogen-bond donors (Lipinski definition) is 1. The van der Waals surface area contributed by atoms with Crippen molar-refractivity contribution in [3.63, 3.8) is 0 Å². The van der Waals surface area contributed by atoms with Gasteiger partial charge in [0.2, 0.25) is 5.91 Å². The van der Waals surface area contributed by atoms with E-state index in [1.165, 1.54) is 13.2 Å². The first kappa shape index (κ1) is 21.4. The van der Waals surface area contributed by atoms with Crippen LogP contribution in [0.3, 0.4) is 0 Å². The summed E-state index contributed by atoms with van der Waals surface area (Å²) in [5, 5.41) is 7.90. The van der Waals surface area contributed by atoms with Crippen LogP contribution in [0.15, 0.2) is 66.9 Å². The Hall–Kier alpha value is -3.87. The average Bonchev–Trinajstić information content (AvgIpc) is 3.23. The molecule has 0 bridgehead atoms. The molecule has 0 saturated heterocycles. The van der Waals surface area contributed by atoms with Crippen LogP contribution in [-0.4, -0.2) is 29.8 Å². The van der Waals surface area contributed by atoms with Crippen LogP contribution >= 0.6 is 0 Å². The molecule has 0 saturated carbocycles.